The fourth-order valence-corrected chi connectivity index (χ4v) is 3.00. The van der Waals surface area contributed by atoms with Crippen molar-refractivity contribution in [1.82, 2.24) is 15.2 Å². The van der Waals surface area contributed by atoms with Gasteiger partial charge in [-0.1, -0.05) is 29.8 Å². The van der Waals surface area contributed by atoms with Crippen LogP contribution in [-0.4, -0.2) is 40.3 Å². The molecule has 2 heterocycles. The summed E-state index contributed by atoms with van der Waals surface area (Å²) in [5.41, 5.74) is 1.06. The van der Waals surface area contributed by atoms with Gasteiger partial charge in [-0.2, -0.15) is 0 Å². The highest BCUT2D eigenvalue weighted by Gasteiger charge is 2.32. The third kappa shape index (κ3) is 3.53. The number of hydrogen-bond donors (Lipinski definition) is 2. The maximum atomic E-state index is 12.7. The van der Waals surface area contributed by atoms with Gasteiger partial charge < -0.3 is 20.3 Å². The van der Waals surface area contributed by atoms with E-state index in [0.717, 1.165) is 5.56 Å². The number of nitrogens with one attached hydrogen (secondary N) is 2. The Hall–Kier alpha value is -2.09. The molecule has 2 aromatic rings. The third-order valence-electron chi connectivity index (χ3n) is 3.87. The molecule has 1 fully saturated rings. The number of aromatic nitrogens is 1. The summed E-state index contributed by atoms with van der Waals surface area (Å²) in [6.45, 7) is 1.75. The largest absolute Gasteiger partial charge is 0.358 e. The maximum Gasteiger partial charge on any atom is 0.321 e. The molecule has 24 heavy (non-hydrogen) atoms. The van der Waals surface area contributed by atoms with Crippen LogP contribution in [0.1, 0.15) is 22.1 Å². The molecule has 9 heteroatoms. The van der Waals surface area contributed by atoms with Crippen LogP contribution in [0.25, 0.3) is 0 Å². The zero-order chi connectivity index (χ0) is 16.4. The van der Waals surface area contributed by atoms with E-state index in [1.807, 2.05) is 18.2 Å². The fourth-order valence-electron chi connectivity index (χ4n) is 2.74. The molecule has 0 spiro atoms. The van der Waals surface area contributed by atoms with E-state index in [9.17, 15) is 14.9 Å². The van der Waals surface area contributed by atoms with Crippen LogP contribution >= 0.6 is 24.0 Å². The summed E-state index contributed by atoms with van der Waals surface area (Å²) in [5.74, 6) is -0.470. The summed E-state index contributed by atoms with van der Waals surface area (Å²) in [7, 11) is 0. The topological polar surface area (TPSA) is 91.3 Å². The van der Waals surface area contributed by atoms with Crippen LogP contribution in [0.4, 0.5) is 5.82 Å². The van der Waals surface area contributed by atoms with Crippen LogP contribution in [0.15, 0.2) is 36.4 Å². The zero-order valence-electron chi connectivity index (χ0n) is 12.6. The Morgan fingerprint density at radius 2 is 2.04 bits per heavy atom. The van der Waals surface area contributed by atoms with E-state index in [0.29, 0.717) is 24.7 Å². The molecule has 7 nitrogen and oxygen atoms in total. The average Bonchev–Trinajstić information content (AvgIpc) is 3.05. The fraction of sp³-hybridized carbons (Fsp3) is 0.267. The molecule has 0 bridgehead atoms. The molecule has 0 aliphatic carbocycles. The van der Waals surface area contributed by atoms with Crippen molar-refractivity contribution in [2.24, 2.45) is 0 Å². The van der Waals surface area contributed by atoms with Gasteiger partial charge in [-0.25, -0.2) is 4.98 Å². The quantitative estimate of drug-likeness (QED) is 0.641. The number of H-pyrrole nitrogens is 1. The zero-order valence-corrected chi connectivity index (χ0v) is 14.1. The second-order valence-corrected chi connectivity index (χ2v) is 5.66. The summed E-state index contributed by atoms with van der Waals surface area (Å²) in [5, 5.41) is 14.6. The molecule has 128 valence electrons. The van der Waals surface area contributed by atoms with Gasteiger partial charge in [-0.3, -0.25) is 4.79 Å². The van der Waals surface area contributed by atoms with Crippen LogP contribution in [0, 0.1) is 10.1 Å². The molecule has 1 aliphatic heterocycles. The van der Waals surface area contributed by atoms with Crippen molar-refractivity contribution in [3.05, 3.63) is 62.8 Å². The summed E-state index contributed by atoms with van der Waals surface area (Å²) >= 11 is 6.26. The van der Waals surface area contributed by atoms with Gasteiger partial charge in [-0.15, -0.1) is 12.4 Å². The van der Waals surface area contributed by atoms with Crippen LogP contribution < -0.4 is 5.32 Å². The van der Waals surface area contributed by atoms with Gasteiger partial charge >= 0.3 is 5.82 Å². The molecule has 0 saturated carbocycles. The number of nitrogens with zero attached hydrogens (tertiary/aromatic N) is 2. The minimum absolute atomic E-state index is 0. The number of rotatable bonds is 3. The summed E-state index contributed by atoms with van der Waals surface area (Å²) in [6, 6.07) is 9.89. The van der Waals surface area contributed by atoms with Gasteiger partial charge in [0.15, 0.2) is 5.69 Å². The van der Waals surface area contributed by atoms with E-state index < -0.39 is 4.92 Å². The predicted octanol–water partition coefficient (Wildman–Crippen LogP) is 2.78. The van der Waals surface area contributed by atoms with E-state index in [1.165, 1.54) is 12.1 Å². The maximum absolute atomic E-state index is 12.7. The number of aromatic amines is 1. The molecule has 1 aromatic carbocycles. The number of nitro groups is 1. The molecular formula is C15H16Cl2N4O3. The van der Waals surface area contributed by atoms with E-state index in [4.69, 9.17) is 11.6 Å². The van der Waals surface area contributed by atoms with Crippen molar-refractivity contribution in [3.63, 3.8) is 0 Å². The number of halogens is 2. The highest BCUT2D eigenvalue weighted by molar-refractivity contribution is 6.31. The van der Waals surface area contributed by atoms with Gasteiger partial charge in [0.1, 0.15) is 0 Å². The lowest BCUT2D eigenvalue weighted by atomic mass is 10.0. The molecule has 1 aliphatic rings. The molecule has 1 aromatic heterocycles. The first kappa shape index (κ1) is 18.3. The van der Waals surface area contributed by atoms with Crippen molar-refractivity contribution in [1.29, 1.82) is 0 Å². The molecular weight excluding hydrogens is 355 g/mol. The number of carbonyl (C=O) groups excluding carboxylic acids is 1. The van der Waals surface area contributed by atoms with Crippen molar-refractivity contribution in [2.45, 2.75) is 6.04 Å². The molecule has 1 unspecified atom stereocenters. The standard InChI is InChI=1S/C15H15ClN4O3.ClH/c16-11-4-2-1-3-10(11)13-9-17-7-8-19(13)15(21)12-5-6-14(18-12)20(22)23;/h1-6,13,17-18H,7-9H2;1H. The van der Waals surface area contributed by atoms with Gasteiger partial charge in [0.05, 0.1) is 6.04 Å². The van der Waals surface area contributed by atoms with Gasteiger partial charge in [-0.05, 0) is 22.6 Å². The Labute approximate surface area is 149 Å². The molecule has 0 radical (unpaired) electrons. The van der Waals surface area contributed by atoms with Crippen molar-refractivity contribution >= 4 is 35.7 Å². The number of piperazine rings is 1. The predicted molar refractivity (Wildman–Crippen MR) is 92.8 cm³/mol. The highest BCUT2D eigenvalue weighted by Crippen LogP contribution is 2.29. The van der Waals surface area contributed by atoms with E-state index in [1.54, 1.807) is 11.0 Å². The first-order valence-electron chi connectivity index (χ1n) is 7.17. The first-order valence-corrected chi connectivity index (χ1v) is 7.55. The lowest BCUT2D eigenvalue weighted by Crippen LogP contribution is -2.48. The molecule has 3 rings (SSSR count). The highest BCUT2D eigenvalue weighted by atomic mass is 35.5. The Balaban J connectivity index is 0.00000208. The minimum Gasteiger partial charge on any atom is -0.358 e. The number of carbonyl (C=O) groups is 1. The molecule has 1 atom stereocenters. The first-order chi connectivity index (χ1) is 11.1. The van der Waals surface area contributed by atoms with Crippen LogP contribution in [0.3, 0.4) is 0 Å². The monoisotopic (exact) mass is 370 g/mol. The molecule has 2 N–H and O–H groups in total. The Morgan fingerprint density at radius 3 is 2.71 bits per heavy atom. The van der Waals surface area contributed by atoms with Crippen molar-refractivity contribution in [2.75, 3.05) is 19.6 Å². The van der Waals surface area contributed by atoms with Crippen LogP contribution in [0.5, 0.6) is 0 Å². The average molecular weight is 371 g/mol. The summed E-state index contributed by atoms with van der Waals surface area (Å²) in [4.78, 5) is 27.2. The Bertz CT molecular complexity index is 750. The number of amides is 1. The SMILES string of the molecule is Cl.O=C(c1ccc([N+](=O)[O-])[nH]1)N1CCNCC1c1ccccc1Cl. The molecule has 1 saturated heterocycles. The lowest BCUT2D eigenvalue weighted by Gasteiger charge is -2.36. The minimum atomic E-state index is -0.555. The van der Waals surface area contributed by atoms with Gasteiger partial charge in [0.25, 0.3) is 5.91 Å². The van der Waals surface area contributed by atoms with Crippen LogP contribution in [-0.2, 0) is 0 Å². The Kier molecular flexibility index (Phi) is 5.82. The number of hydrogen-bond acceptors (Lipinski definition) is 4. The van der Waals surface area contributed by atoms with Crippen molar-refractivity contribution in [3.8, 4) is 0 Å². The Morgan fingerprint density at radius 1 is 1.29 bits per heavy atom. The molecule has 1 amide bonds. The van der Waals surface area contributed by atoms with Gasteiger partial charge in [0, 0.05) is 30.7 Å². The normalized spacial score (nSPS) is 17.2. The lowest BCUT2D eigenvalue weighted by molar-refractivity contribution is -0.389. The summed E-state index contributed by atoms with van der Waals surface area (Å²) in [6.07, 6.45) is 0. The van der Waals surface area contributed by atoms with E-state index in [2.05, 4.69) is 10.3 Å². The number of benzene rings is 1. The van der Waals surface area contributed by atoms with Gasteiger partial charge in [0.2, 0.25) is 0 Å². The summed E-state index contributed by atoms with van der Waals surface area (Å²) < 4.78 is 0. The van der Waals surface area contributed by atoms with E-state index >= 15 is 0 Å². The van der Waals surface area contributed by atoms with E-state index in [-0.39, 0.29) is 35.9 Å². The second kappa shape index (κ2) is 7.65. The van der Waals surface area contributed by atoms with Crippen LogP contribution in [0.2, 0.25) is 5.02 Å². The van der Waals surface area contributed by atoms with Crippen molar-refractivity contribution < 1.29 is 9.72 Å². The second-order valence-electron chi connectivity index (χ2n) is 5.25. The third-order valence-corrected chi connectivity index (χ3v) is 4.21. The smallest absolute Gasteiger partial charge is 0.321 e.